The second kappa shape index (κ2) is 4.37. The standard InChI is InChI=1S/C12H13ClN2O2/c1-7(2)12-9(5-11(16)17)15-6-8(13)3-4-10(15)14-12/h3-4,6-7H,5H2,1-2H3,(H,16,17). The van der Waals surface area contributed by atoms with E-state index in [1.165, 1.54) is 0 Å². The molecule has 0 saturated heterocycles. The van der Waals surface area contributed by atoms with E-state index in [-0.39, 0.29) is 12.3 Å². The van der Waals surface area contributed by atoms with Crippen LogP contribution in [0.1, 0.15) is 31.2 Å². The number of aromatic nitrogens is 2. The molecule has 1 N–H and O–H groups in total. The zero-order chi connectivity index (χ0) is 12.6. The van der Waals surface area contributed by atoms with Crippen molar-refractivity contribution in [1.82, 2.24) is 9.38 Å². The molecule has 0 spiro atoms. The second-order valence-electron chi connectivity index (χ2n) is 4.24. The number of nitrogens with zero attached hydrogens (tertiary/aromatic N) is 2. The van der Waals surface area contributed by atoms with Crippen molar-refractivity contribution >= 4 is 23.2 Å². The van der Waals surface area contributed by atoms with Crippen LogP contribution in [0.5, 0.6) is 0 Å². The molecular weight excluding hydrogens is 240 g/mol. The minimum atomic E-state index is -0.867. The normalized spacial score (nSPS) is 11.3. The average Bonchev–Trinajstić information content (AvgIpc) is 2.56. The number of rotatable bonds is 3. The van der Waals surface area contributed by atoms with Crippen LogP contribution in [0, 0.1) is 0 Å². The van der Waals surface area contributed by atoms with Crippen LogP contribution in [-0.2, 0) is 11.2 Å². The number of hydrogen-bond acceptors (Lipinski definition) is 2. The Labute approximate surface area is 104 Å². The number of carboxylic acids is 1. The lowest BCUT2D eigenvalue weighted by Crippen LogP contribution is -2.06. The van der Waals surface area contributed by atoms with E-state index in [0.717, 1.165) is 11.3 Å². The molecule has 0 aliphatic rings. The van der Waals surface area contributed by atoms with Gasteiger partial charge in [-0.25, -0.2) is 4.98 Å². The number of imidazole rings is 1. The maximum atomic E-state index is 10.9. The van der Waals surface area contributed by atoms with E-state index in [1.54, 1.807) is 22.7 Å². The summed E-state index contributed by atoms with van der Waals surface area (Å²) >= 11 is 5.92. The molecule has 0 unspecified atom stereocenters. The van der Waals surface area contributed by atoms with Gasteiger partial charge in [0.2, 0.25) is 0 Å². The first-order chi connectivity index (χ1) is 7.99. The summed E-state index contributed by atoms with van der Waals surface area (Å²) in [6, 6.07) is 3.54. The Balaban J connectivity index is 2.68. The minimum absolute atomic E-state index is 0.0466. The first-order valence-electron chi connectivity index (χ1n) is 5.37. The molecule has 17 heavy (non-hydrogen) atoms. The molecule has 4 nitrogen and oxygen atoms in total. The molecule has 5 heteroatoms. The highest BCUT2D eigenvalue weighted by molar-refractivity contribution is 6.30. The molecule has 2 rings (SSSR count). The van der Waals surface area contributed by atoms with Crippen molar-refractivity contribution in [2.45, 2.75) is 26.2 Å². The number of fused-ring (bicyclic) bond motifs is 1. The van der Waals surface area contributed by atoms with Gasteiger partial charge in [0.25, 0.3) is 0 Å². The Morgan fingerprint density at radius 2 is 2.24 bits per heavy atom. The number of carboxylic acid groups (broad SMARTS) is 1. The van der Waals surface area contributed by atoms with Gasteiger partial charge < -0.3 is 9.51 Å². The lowest BCUT2D eigenvalue weighted by Gasteiger charge is -2.04. The van der Waals surface area contributed by atoms with Crippen LogP contribution in [0.2, 0.25) is 5.02 Å². The number of pyridine rings is 1. The number of carbonyl (C=O) groups is 1. The summed E-state index contributed by atoms with van der Waals surface area (Å²) in [6.07, 6.45) is 1.66. The molecule has 0 amide bonds. The fraction of sp³-hybridized carbons (Fsp3) is 0.333. The molecule has 0 aromatic carbocycles. The largest absolute Gasteiger partial charge is 0.481 e. The van der Waals surface area contributed by atoms with Crippen LogP contribution >= 0.6 is 11.6 Å². The molecule has 0 aliphatic heterocycles. The Morgan fingerprint density at radius 3 is 2.82 bits per heavy atom. The van der Waals surface area contributed by atoms with Crippen LogP contribution < -0.4 is 0 Å². The predicted molar refractivity (Wildman–Crippen MR) is 65.6 cm³/mol. The van der Waals surface area contributed by atoms with E-state index in [1.807, 2.05) is 13.8 Å². The summed E-state index contributed by atoms with van der Waals surface area (Å²) in [7, 11) is 0. The van der Waals surface area contributed by atoms with Crippen LogP contribution in [0.15, 0.2) is 18.3 Å². The maximum Gasteiger partial charge on any atom is 0.309 e. The van der Waals surface area contributed by atoms with Crippen molar-refractivity contribution in [1.29, 1.82) is 0 Å². The molecule has 2 aromatic rings. The van der Waals surface area contributed by atoms with E-state index in [4.69, 9.17) is 16.7 Å². The smallest absolute Gasteiger partial charge is 0.309 e. The molecule has 0 radical (unpaired) electrons. The fourth-order valence-corrected chi connectivity index (χ4v) is 2.03. The van der Waals surface area contributed by atoms with Gasteiger partial charge in [0.05, 0.1) is 22.8 Å². The van der Waals surface area contributed by atoms with Gasteiger partial charge in [0.1, 0.15) is 5.65 Å². The van der Waals surface area contributed by atoms with E-state index in [0.29, 0.717) is 10.7 Å². The number of hydrogen-bond donors (Lipinski definition) is 1. The third-order valence-electron chi connectivity index (χ3n) is 2.58. The lowest BCUT2D eigenvalue weighted by atomic mass is 10.1. The number of aliphatic carboxylic acids is 1. The van der Waals surface area contributed by atoms with Crippen molar-refractivity contribution in [2.24, 2.45) is 0 Å². The summed E-state index contributed by atoms with van der Waals surface area (Å²) in [6.45, 7) is 3.99. The van der Waals surface area contributed by atoms with Crippen molar-refractivity contribution in [3.05, 3.63) is 34.7 Å². The predicted octanol–water partition coefficient (Wildman–Crippen LogP) is 2.74. The van der Waals surface area contributed by atoms with Gasteiger partial charge in [-0.1, -0.05) is 25.4 Å². The first kappa shape index (κ1) is 11.9. The topological polar surface area (TPSA) is 54.6 Å². The summed E-state index contributed by atoms with van der Waals surface area (Å²) in [5.74, 6) is -0.684. The SMILES string of the molecule is CC(C)c1nc2ccc(Cl)cn2c1CC(=O)O. The van der Waals surface area contributed by atoms with Crippen LogP contribution in [-0.4, -0.2) is 20.5 Å². The van der Waals surface area contributed by atoms with Crippen molar-refractivity contribution in [3.8, 4) is 0 Å². The molecule has 0 saturated carbocycles. The number of halogens is 1. The van der Waals surface area contributed by atoms with Crippen LogP contribution in [0.25, 0.3) is 5.65 Å². The summed E-state index contributed by atoms with van der Waals surface area (Å²) < 4.78 is 1.76. The highest BCUT2D eigenvalue weighted by Crippen LogP contribution is 2.22. The van der Waals surface area contributed by atoms with E-state index < -0.39 is 5.97 Å². The highest BCUT2D eigenvalue weighted by Gasteiger charge is 2.17. The van der Waals surface area contributed by atoms with Gasteiger partial charge in [-0.3, -0.25) is 4.79 Å². The van der Waals surface area contributed by atoms with Crippen molar-refractivity contribution in [3.63, 3.8) is 0 Å². The Kier molecular flexibility index (Phi) is 3.07. The van der Waals surface area contributed by atoms with E-state index in [9.17, 15) is 4.79 Å². The second-order valence-corrected chi connectivity index (χ2v) is 4.68. The van der Waals surface area contributed by atoms with Gasteiger partial charge in [0.15, 0.2) is 0 Å². The van der Waals surface area contributed by atoms with Crippen molar-refractivity contribution in [2.75, 3.05) is 0 Å². The summed E-state index contributed by atoms with van der Waals surface area (Å²) in [4.78, 5) is 15.3. The molecular formula is C12H13ClN2O2. The van der Waals surface area contributed by atoms with Crippen molar-refractivity contribution < 1.29 is 9.90 Å². The van der Waals surface area contributed by atoms with Gasteiger partial charge in [-0.05, 0) is 18.1 Å². The van der Waals surface area contributed by atoms with Gasteiger partial charge in [0, 0.05) is 6.20 Å². The lowest BCUT2D eigenvalue weighted by molar-refractivity contribution is -0.136. The zero-order valence-corrected chi connectivity index (χ0v) is 10.4. The monoisotopic (exact) mass is 252 g/mol. The quantitative estimate of drug-likeness (QED) is 0.914. The maximum absolute atomic E-state index is 10.9. The molecule has 0 aliphatic carbocycles. The van der Waals surface area contributed by atoms with Crippen LogP contribution in [0.4, 0.5) is 0 Å². The van der Waals surface area contributed by atoms with Gasteiger partial charge in [-0.2, -0.15) is 0 Å². The summed E-state index contributed by atoms with van der Waals surface area (Å²) in [5, 5.41) is 9.51. The molecule has 0 bridgehead atoms. The summed E-state index contributed by atoms with van der Waals surface area (Å²) in [5.41, 5.74) is 2.24. The zero-order valence-electron chi connectivity index (χ0n) is 9.64. The molecule has 2 heterocycles. The van der Waals surface area contributed by atoms with Gasteiger partial charge >= 0.3 is 5.97 Å². The van der Waals surface area contributed by atoms with E-state index in [2.05, 4.69) is 4.98 Å². The third kappa shape index (κ3) is 2.26. The van der Waals surface area contributed by atoms with E-state index >= 15 is 0 Å². The minimum Gasteiger partial charge on any atom is -0.481 e. The Hall–Kier alpha value is -1.55. The highest BCUT2D eigenvalue weighted by atomic mass is 35.5. The Morgan fingerprint density at radius 1 is 1.53 bits per heavy atom. The third-order valence-corrected chi connectivity index (χ3v) is 2.80. The fourth-order valence-electron chi connectivity index (χ4n) is 1.87. The average molecular weight is 253 g/mol. The first-order valence-corrected chi connectivity index (χ1v) is 5.75. The molecule has 90 valence electrons. The molecule has 0 fully saturated rings. The molecule has 2 aromatic heterocycles. The molecule has 0 atom stereocenters. The van der Waals surface area contributed by atoms with Crippen LogP contribution in [0.3, 0.4) is 0 Å². The van der Waals surface area contributed by atoms with Gasteiger partial charge in [-0.15, -0.1) is 0 Å². The Bertz CT molecular complexity index is 575.